The maximum Gasteiger partial charge on any atom is 0.410 e. The molecule has 2 rings (SSSR count). The predicted octanol–water partition coefficient (Wildman–Crippen LogP) is 0.275. The fourth-order valence-electron chi connectivity index (χ4n) is 2.97. The van der Waals surface area contributed by atoms with Gasteiger partial charge in [-0.3, -0.25) is 4.79 Å². The fourth-order valence-corrected chi connectivity index (χ4v) is 3.72. The first-order valence-electron chi connectivity index (χ1n) is 7.76. The number of carbonyl (C=O) groups is 2. The highest BCUT2D eigenvalue weighted by Crippen LogP contribution is 2.25. The number of rotatable bonds is 2. The Morgan fingerprint density at radius 3 is 2.48 bits per heavy atom. The van der Waals surface area contributed by atoms with E-state index in [1.807, 2.05) is 0 Å². The van der Waals surface area contributed by atoms with Crippen LogP contribution in [0.25, 0.3) is 0 Å². The smallest absolute Gasteiger partial charge is 0.410 e. The molecule has 132 valence electrons. The van der Waals surface area contributed by atoms with Crippen molar-refractivity contribution >= 4 is 22.0 Å². The Bertz CT molecular complexity index is 584. The fraction of sp³-hybridized carbons (Fsp3) is 0.857. The van der Waals surface area contributed by atoms with Gasteiger partial charge in [-0.2, -0.15) is 0 Å². The van der Waals surface area contributed by atoms with Crippen LogP contribution in [0.3, 0.4) is 0 Å². The summed E-state index contributed by atoms with van der Waals surface area (Å²) in [7, 11) is -3.73. The molecule has 1 unspecified atom stereocenters. The van der Waals surface area contributed by atoms with E-state index in [2.05, 4.69) is 0 Å². The molecule has 0 spiro atoms. The number of hydrogen-bond acceptors (Lipinski definition) is 5. The molecule has 0 radical (unpaired) electrons. The summed E-state index contributed by atoms with van der Waals surface area (Å²) in [5.41, 5.74) is -0.577. The van der Waals surface area contributed by atoms with Crippen molar-refractivity contribution in [2.75, 3.05) is 19.6 Å². The molecule has 8 nitrogen and oxygen atoms in total. The van der Waals surface area contributed by atoms with Gasteiger partial charge in [-0.05, 0) is 33.6 Å². The number of nitrogens with two attached hydrogens (primary N) is 1. The summed E-state index contributed by atoms with van der Waals surface area (Å²) in [6, 6.07) is -0.185. The van der Waals surface area contributed by atoms with Crippen molar-refractivity contribution in [2.24, 2.45) is 5.14 Å². The second-order valence-electron chi connectivity index (χ2n) is 7.18. The van der Waals surface area contributed by atoms with Crippen LogP contribution in [0.5, 0.6) is 0 Å². The molecule has 0 aliphatic carbocycles. The SMILES string of the molecule is CC(C)(C)OC(=O)N1CCC[C@@H](N2CC(S(N)(=O)=O)CC2=O)C1. The number of likely N-dealkylation sites (tertiary alicyclic amines) is 2. The summed E-state index contributed by atoms with van der Waals surface area (Å²) in [4.78, 5) is 27.4. The van der Waals surface area contributed by atoms with E-state index < -0.39 is 27.0 Å². The Morgan fingerprint density at radius 2 is 1.96 bits per heavy atom. The lowest BCUT2D eigenvalue weighted by atomic mass is 10.0. The van der Waals surface area contributed by atoms with E-state index in [1.54, 1.807) is 30.6 Å². The highest BCUT2D eigenvalue weighted by atomic mass is 32.2. The topological polar surface area (TPSA) is 110 Å². The molecule has 2 N–H and O–H groups in total. The van der Waals surface area contributed by atoms with Gasteiger partial charge in [-0.1, -0.05) is 0 Å². The van der Waals surface area contributed by atoms with Gasteiger partial charge in [0.2, 0.25) is 15.9 Å². The summed E-state index contributed by atoms with van der Waals surface area (Å²) in [6.45, 7) is 6.43. The average molecular weight is 347 g/mol. The van der Waals surface area contributed by atoms with Crippen LogP contribution in [0, 0.1) is 0 Å². The van der Waals surface area contributed by atoms with Gasteiger partial charge in [0.1, 0.15) is 10.9 Å². The van der Waals surface area contributed by atoms with Gasteiger partial charge in [0.05, 0.1) is 0 Å². The van der Waals surface area contributed by atoms with Crippen LogP contribution in [0.15, 0.2) is 0 Å². The standard InChI is InChI=1S/C14H25N3O5S/c1-14(2,3)22-13(19)16-6-4-5-10(8-16)17-9-11(7-12(17)18)23(15,20)21/h10-11H,4-9H2,1-3H3,(H2,15,20,21)/t10-,11?/m1/s1. The van der Waals surface area contributed by atoms with E-state index in [9.17, 15) is 18.0 Å². The third kappa shape index (κ3) is 4.57. The first kappa shape index (κ1) is 18.0. The second kappa shape index (κ2) is 6.27. The number of amides is 2. The Morgan fingerprint density at radius 1 is 1.30 bits per heavy atom. The Labute approximate surface area is 137 Å². The van der Waals surface area contributed by atoms with Gasteiger partial charge in [0.15, 0.2) is 0 Å². The van der Waals surface area contributed by atoms with Gasteiger partial charge in [-0.15, -0.1) is 0 Å². The minimum atomic E-state index is -3.73. The molecule has 2 heterocycles. The van der Waals surface area contributed by atoms with Crippen molar-refractivity contribution in [3.8, 4) is 0 Å². The lowest BCUT2D eigenvalue weighted by Gasteiger charge is -2.38. The van der Waals surface area contributed by atoms with Crippen molar-refractivity contribution in [3.63, 3.8) is 0 Å². The molecule has 23 heavy (non-hydrogen) atoms. The lowest BCUT2D eigenvalue weighted by molar-refractivity contribution is -0.130. The van der Waals surface area contributed by atoms with Crippen LogP contribution in [0.2, 0.25) is 0 Å². The van der Waals surface area contributed by atoms with Crippen molar-refractivity contribution in [1.82, 2.24) is 9.80 Å². The molecule has 9 heteroatoms. The molecule has 2 atom stereocenters. The highest BCUT2D eigenvalue weighted by Gasteiger charge is 2.41. The largest absolute Gasteiger partial charge is 0.444 e. The zero-order valence-electron chi connectivity index (χ0n) is 13.8. The summed E-state index contributed by atoms with van der Waals surface area (Å²) < 4.78 is 28.3. The third-order valence-corrected chi connectivity index (χ3v) is 5.32. The van der Waals surface area contributed by atoms with Crippen molar-refractivity contribution in [2.45, 2.75) is 56.9 Å². The molecular formula is C14H25N3O5S. The summed E-state index contributed by atoms with van der Waals surface area (Å²) in [6.07, 6.45) is 0.995. The lowest BCUT2D eigenvalue weighted by Crippen LogP contribution is -2.51. The zero-order valence-corrected chi connectivity index (χ0v) is 14.6. The Hall–Kier alpha value is -1.35. The molecule has 0 aromatic heterocycles. The van der Waals surface area contributed by atoms with Crippen LogP contribution >= 0.6 is 0 Å². The van der Waals surface area contributed by atoms with E-state index in [0.29, 0.717) is 13.1 Å². The number of nitrogens with zero attached hydrogens (tertiary/aromatic N) is 2. The molecule has 0 aromatic rings. The molecule has 2 aliphatic rings. The van der Waals surface area contributed by atoms with Crippen LogP contribution in [0.4, 0.5) is 4.79 Å². The number of primary sulfonamides is 1. The van der Waals surface area contributed by atoms with Gasteiger partial charge < -0.3 is 14.5 Å². The monoisotopic (exact) mass is 347 g/mol. The van der Waals surface area contributed by atoms with Crippen LogP contribution in [0.1, 0.15) is 40.0 Å². The second-order valence-corrected chi connectivity index (χ2v) is 9.03. The summed E-state index contributed by atoms with van der Waals surface area (Å²) in [5.74, 6) is -0.222. The molecule has 2 amide bonds. The molecule has 2 fully saturated rings. The van der Waals surface area contributed by atoms with Crippen molar-refractivity contribution < 1.29 is 22.7 Å². The first-order chi connectivity index (χ1) is 10.5. The average Bonchev–Trinajstić information content (AvgIpc) is 2.79. The van der Waals surface area contributed by atoms with E-state index in [-0.39, 0.29) is 24.9 Å². The van der Waals surface area contributed by atoms with E-state index in [0.717, 1.165) is 12.8 Å². The maximum atomic E-state index is 12.2. The predicted molar refractivity (Wildman–Crippen MR) is 84.1 cm³/mol. The normalized spacial score (nSPS) is 26.5. The van der Waals surface area contributed by atoms with Gasteiger partial charge in [0, 0.05) is 32.1 Å². The number of piperidine rings is 1. The Kier molecular flexibility index (Phi) is 4.91. The summed E-state index contributed by atoms with van der Waals surface area (Å²) in [5, 5.41) is 4.29. The number of hydrogen-bond donors (Lipinski definition) is 1. The van der Waals surface area contributed by atoms with Crippen LogP contribution < -0.4 is 5.14 Å². The van der Waals surface area contributed by atoms with Gasteiger partial charge in [0.25, 0.3) is 0 Å². The molecule has 0 bridgehead atoms. The third-order valence-electron chi connectivity index (χ3n) is 4.08. The van der Waals surface area contributed by atoms with Crippen LogP contribution in [-0.4, -0.2) is 66.7 Å². The van der Waals surface area contributed by atoms with E-state index in [4.69, 9.17) is 9.88 Å². The quantitative estimate of drug-likeness (QED) is 0.771. The summed E-state index contributed by atoms with van der Waals surface area (Å²) >= 11 is 0. The molecule has 2 aliphatic heterocycles. The van der Waals surface area contributed by atoms with Gasteiger partial charge in [-0.25, -0.2) is 18.4 Å². The minimum absolute atomic E-state index is 0.0816. The molecule has 0 aromatic carbocycles. The number of ether oxygens (including phenoxy) is 1. The first-order valence-corrected chi connectivity index (χ1v) is 9.37. The van der Waals surface area contributed by atoms with Crippen molar-refractivity contribution in [3.05, 3.63) is 0 Å². The molecular weight excluding hydrogens is 322 g/mol. The van der Waals surface area contributed by atoms with E-state index in [1.165, 1.54) is 0 Å². The van der Waals surface area contributed by atoms with E-state index >= 15 is 0 Å². The number of sulfonamides is 1. The van der Waals surface area contributed by atoms with Gasteiger partial charge >= 0.3 is 6.09 Å². The molecule has 2 saturated heterocycles. The highest BCUT2D eigenvalue weighted by molar-refractivity contribution is 7.89. The van der Waals surface area contributed by atoms with Crippen LogP contribution in [-0.2, 0) is 19.6 Å². The minimum Gasteiger partial charge on any atom is -0.444 e. The van der Waals surface area contributed by atoms with Crippen molar-refractivity contribution in [1.29, 1.82) is 0 Å². The number of carbonyl (C=O) groups excluding carboxylic acids is 2. The zero-order chi connectivity index (χ0) is 17.4. The maximum absolute atomic E-state index is 12.2. The molecule has 0 saturated carbocycles. The Balaban J connectivity index is 2.01.